The van der Waals surface area contributed by atoms with Crippen LogP contribution in [0.15, 0.2) is 17.5 Å². The molecule has 2 unspecified atom stereocenters. The summed E-state index contributed by atoms with van der Waals surface area (Å²) in [5.41, 5.74) is 0. The third-order valence-electron chi connectivity index (χ3n) is 4.81. The Morgan fingerprint density at radius 3 is 3.04 bits per heavy atom. The maximum absolute atomic E-state index is 12.7. The zero-order valence-corrected chi connectivity index (χ0v) is 14.9. The summed E-state index contributed by atoms with van der Waals surface area (Å²) in [6.45, 7) is 7.20. The van der Waals surface area contributed by atoms with Crippen molar-refractivity contribution in [3.05, 3.63) is 22.4 Å². The average Bonchev–Trinajstić information content (AvgIpc) is 3.21. The van der Waals surface area contributed by atoms with Gasteiger partial charge in [0.25, 0.3) is 0 Å². The zero-order valence-electron chi connectivity index (χ0n) is 14.1. The van der Waals surface area contributed by atoms with E-state index in [9.17, 15) is 4.79 Å². The van der Waals surface area contributed by atoms with Gasteiger partial charge in [-0.05, 0) is 43.0 Å². The summed E-state index contributed by atoms with van der Waals surface area (Å²) in [4.78, 5) is 18.4. The molecule has 128 valence electrons. The van der Waals surface area contributed by atoms with E-state index in [1.54, 1.807) is 11.3 Å². The summed E-state index contributed by atoms with van der Waals surface area (Å²) in [6.07, 6.45) is 4.95. The molecule has 2 aliphatic heterocycles. The Morgan fingerprint density at radius 2 is 2.35 bits per heavy atom. The van der Waals surface area contributed by atoms with Crippen molar-refractivity contribution < 1.29 is 9.53 Å². The van der Waals surface area contributed by atoms with Crippen LogP contribution in [0, 0.1) is 5.92 Å². The fraction of sp³-hybridized carbons (Fsp3) is 0.722. The van der Waals surface area contributed by atoms with Crippen LogP contribution in [0.3, 0.4) is 0 Å². The molecule has 0 saturated carbocycles. The number of hydrogen-bond acceptors (Lipinski definition) is 4. The monoisotopic (exact) mass is 336 g/mol. The maximum Gasteiger partial charge on any atom is 0.236 e. The topological polar surface area (TPSA) is 32.8 Å². The second-order valence-corrected chi connectivity index (χ2v) is 8.00. The van der Waals surface area contributed by atoms with Crippen LogP contribution in [-0.4, -0.2) is 54.6 Å². The maximum atomic E-state index is 12.7. The van der Waals surface area contributed by atoms with Crippen molar-refractivity contribution in [1.29, 1.82) is 0 Å². The van der Waals surface area contributed by atoms with Gasteiger partial charge in [-0.25, -0.2) is 0 Å². The minimum absolute atomic E-state index is 0.283. The molecule has 1 aromatic heterocycles. The predicted molar refractivity (Wildman–Crippen MR) is 93.5 cm³/mol. The largest absolute Gasteiger partial charge is 0.377 e. The van der Waals surface area contributed by atoms with Crippen molar-refractivity contribution in [3.8, 4) is 0 Å². The minimum Gasteiger partial charge on any atom is -0.377 e. The van der Waals surface area contributed by atoms with E-state index >= 15 is 0 Å². The molecule has 2 saturated heterocycles. The molecular weight excluding hydrogens is 308 g/mol. The van der Waals surface area contributed by atoms with Crippen molar-refractivity contribution in [1.82, 2.24) is 9.80 Å². The summed E-state index contributed by atoms with van der Waals surface area (Å²) in [6, 6.07) is 4.24. The lowest BCUT2D eigenvalue weighted by Gasteiger charge is -2.33. The Hall–Kier alpha value is -0.910. The standard InChI is InChI=1S/C18H28N2O2S/c1-15-5-2-8-20(11-15)18(21)14-19(12-16-6-3-9-22-16)13-17-7-4-10-23-17/h4,7,10,15-16H,2-3,5-6,8-9,11-14H2,1H3. The van der Waals surface area contributed by atoms with Crippen LogP contribution in [0.4, 0.5) is 0 Å². The number of carbonyl (C=O) groups excluding carboxylic acids is 1. The fourth-order valence-corrected chi connectivity index (χ4v) is 4.34. The molecule has 3 heterocycles. The van der Waals surface area contributed by atoms with Gasteiger partial charge in [-0.1, -0.05) is 13.0 Å². The van der Waals surface area contributed by atoms with E-state index in [4.69, 9.17) is 4.74 Å². The summed E-state index contributed by atoms with van der Waals surface area (Å²) in [5.74, 6) is 0.919. The molecule has 0 bridgehead atoms. The molecular formula is C18H28N2O2S. The SMILES string of the molecule is CC1CCCN(C(=O)CN(Cc2cccs2)CC2CCCO2)C1. The smallest absolute Gasteiger partial charge is 0.236 e. The van der Waals surface area contributed by atoms with Crippen molar-refractivity contribution in [2.45, 2.75) is 45.3 Å². The lowest BCUT2D eigenvalue weighted by Crippen LogP contribution is -2.45. The molecule has 4 nitrogen and oxygen atoms in total. The molecule has 0 aromatic carbocycles. The van der Waals surface area contributed by atoms with Crippen molar-refractivity contribution in [2.75, 3.05) is 32.8 Å². The van der Waals surface area contributed by atoms with Gasteiger partial charge in [0.1, 0.15) is 0 Å². The second-order valence-electron chi connectivity index (χ2n) is 6.97. The Balaban J connectivity index is 1.58. The quantitative estimate of drug-likeness (QED) is 0.801. The summed E-state index contributed by atoms with van der Waals surface area (Å²) in [5, 5.41) is 2.10. The molecule has 23 heavy (non-hydrogen) atoms. The molecule has 2 fully saturated rings. The number of nitrogens with zero attached hydrogens (tertiary/aromatic N) is 2. The van der Waals surface area contributed by atoms with E-state index < -0.39 is 0 Å². The van der Waals surface area contributed by atoms with E-state index in [2.05, 4.69) is 34.2 Å². The first kappa shape index (κ1) is 16.9. The molecule has 3 rings (SSSR count). The number of rotatable bonds is 6. The first-order valence-electron chi connectivity index (χ1n) is 8.85. The highest BCUT2D eigenvalue weighted by molar-refractivity contribution is 7.09. The third kappa shape index (κ3) is 5.03. The number of piperidine rings is 1. The Kier molecular flexibility index (Phi) is 6.08. The highest BCUT2D eigenvalue weighted by atomic mass is 32.1. The zero-order chi connectivity index (χ0) is 16.1. The molecule has 2 aliphatic rings. The minimum atomic E-state index is 0.283. The lowest BCUT2D eigenvalue weighted by molar-refractivity contribution is -0.134. The van der Waals surface area contributed by atoms with E-state index in [0.29, 0.717) is 18.6 Å². The number of carbonyl (C=O) groups is 1. The Morgan fingerprint density at radius 1 is 1.43 bits per heavy atom. The first-order chi connectivity index (χ1) is 11.2. The summed E-state index contributed by atoms with van der Waals surface area (Å²) in [7, 11) is 0. The van der Waals surface area contributed by atoms with Gasteiger partial charge >= 0.3 is 0 Å². The van der Waals surface area contributed by atoms with Crippen molar-refractivity contribution >= 4 is 17.2 Å². The summed E-state index contributed by atoms with van der Waals surface area (Å²) >= 11 is 1.76. The number of amides is 1. The van der Waals surface area contributed by atoms with Gasteiger partial charge < -0.3 is 9.64 Å². The van der Waals surface area contributed by atoms with Crippen LogP contribution < -0.4 is 0 Å². The Labute approximate surface area is 143 Å². The number of likely N-dealkylation sites (tertiary alicyclic amines) is 1. The average molecular weight is 337 g/mol. The molecule has 0 N–H and O–H groups in total. The van der Waals surface area contributed by atoms with E-state index in [1.807, 2.05) is 0 Å². The van der Waals surface area contributed by atoms with Gasteiger partial charge in [0.15, 0.2) is 0 Å². The lowest BCUT2D eigenvalue weighted by atomic mass is 10.0. The normalized spacial score (nSPS) is 25.2. The van der Waals surface area contributed by atoms with Gasteiger partial charge in [0.2, 0.25) is 5.91 Å². The number of ether oxygens (including phenoxy) is 1. The third-order valence-corrected chi connectivity index (χ3v) is 5.68. The van der Waals surface area contributed by atoms with Crippen LogP contribution in [0.2, 0.25) is 0 Å². The molecule has 2 atom stereocenters. The number of thiophene rings is 1. The van der Waals surface area contributed by atoms with Crippen LogP contribution >= 0.6 is 11.3 Å². The molecule has 0 aliphatic carbocycles. The highest BCUT2D eigenvalue weighted by Crippen LogP contribution is 2.19. The highest BCUT2D eigenvalue weighted by Gasteiger charge is 2.25. The van der Waals surface area contributed by atoms with E-state index in [-0.39, 0.29) is 5.91 Å². The number of hydrogen-bond donors (Lipinski definition) is 0. The van der Waals surface area contributed by atoms with Crippen molar-refractivity contribution in [2.24, 2.45) is 5.92 Å². The van der Waals surface area contributed by atoms with Crippen molar-refractivity contribution in [3.63, 3.8) is 0 Å². The van der Waals surface area contributed by atoms with Gasteiger partial charge in [-0.15, -0.1) is 11.3 Å². The Bertz CT molecular complexity index is 485. The first-order valence-corrected chi connectivity index (χ1v) is 9.73. The van der Waals surface area contributed by atoms with E-state index in [0.717, 1.165) is 52.0 Å². The van der Waals surface area contributed by atoms with Crippen LogP contribution in [-0.2, 0) is 16.1 Å². The fourth-order valence-electron chi connectivity index (χ4n) is 3.59. The van der Waals surface area contributed by atoms with Crippen LogP contribution in [0.25, 0.3) is 0 Å². The molecule has 1 amide bonds. The van der Waals surface area contributed by atoms with Gasteiger partial charge in [-0.3, -0.25) is 9.69 Å². The molecule has 0 radical (unpaired) electrons. The molecule has 1 aromatic rings. The van der Waals surface area contributed by atoms with Crippen LogP contribution in [0.1, 0.15) is 37.5 Å². The van der Waals surface area contributed by atoms with E-state index in [1.165, 1.54) is 11.3 Å². The molecule has 0 spiro atoms. The predicted octanol–water partition coefficient (Wildman–Crippen LogP) is 2.99. The van der Waals surface area contributed by atoms with Crippen LogP contribution in [0.5, 0.6) is 0 Å². The van der Waals surface area contributed by atoms with Gasteiger partial charge in [0.05, 0.1) is 12.6 Å². The molecule has 5 heteroatoms. The summed E-state index contributed by atoms with van der Waals surface area (Å²) < 4.78 is 5.78. The van der Waals surface area contributed by atoms with Gasteiger partial charge in [0, 0.05) is 37.7 Å². The van der Waals surface area contributed by atoms with Gasteiger partial charge in [-0.2, -0.15) is 0 Å². The second kappa shape index (κ2) is 8.27.